The zero-order valence-corrected chi connectivity index (χ0v) is 14.0. The Hall–Kier alpha value is -2.21. The van der Waals surface area contributed by atoms with Crippen LogP contribution in [-0.2, 0) is 10.0 Å². The molecule has 24 heavy (non-hydrogen) atoms. The summed E-state index contributed by atoms with van der Waals surface area (Å²) in [7, 11) is -3.66. The first-order valence-corrected chi connectivity index (χ1v) is 8.92. The summed E-state index contributed by atoms with van der Waals surface area (Å²) < 4.78 is 31.9. The number of ether oxygens (including phenoxy) is 1. The number of nitrogens with zero attached hydrogens (tertiary/aromatic N) is 4. The maximum atomic E-state index is 12.6. The molecule has 0 unspecified atom stereocenters. The van der Waals surface area contributed by atoms with Gasteiger partial charge in [0.05, 0.1) is 29.5 Å². The maximum absolute atomic E-state index is 12.6. The van der Waals surface area contributed by atoms with E-state index in [9.17, 15) is 8.42 Å². The molecule has 1 aliphatic heterocycles. The van der Waals surface area contributed by atoms with Gasteiger partial charge in [0, 0.05) is 19.0 Å². The summed E-state index contributed by atoms with van der Waals surface area (Å²) in [5.74, 6) is 0.355. The fourth-order valence-electron chi connectivity index (χ4n) is 2.35. The summed E-state index contributed by atoms with van der Waals surface area (Å²) in [6.07, 6.45) is 2.85. The van der Waals surface area contributed by atoms with Gasteiger partial charge in [-0.15, -0.1) is 0 Å². The quantitative estimate of drug-likeness (QED) is 0.801. The van der Waals surface area contributed by atoms with Crippen LogP contribution in [0.2, 0.25) is 5.15 Å². The summed E-state index contributed by atoms with van der Waals surface area (Å²) in [5, 5.41) is 9.30. The molecule has 0 atom stereocenters. The summed E-state index contributed by atoms with van der Waals surface area (Å²) in [5.41, 5.74) is 0.145. The Kier molecular flexibility index (Phi) is 4.66. The van der Waals surface area contributed by atoms with Crippen LogP contribution in [-0.4, -0.2) is 42.4 Å². The lowest BCUT2D eigenvalue weighted by Gasteiger charge is -2.37. The second-order valence-corrected chi connectivity index (χ2v) is 7.58. The van der Waals surface area contributed by atoms with E-state index in [0.29, 0.717) is 25.6 Å². The van der Waals surface area contributed by atoms with Crippen LogP contribution in [0.1, 0.15) is 5.56 Å². The molecule has 0 spiro atoms. The molecule has 1 fully saturated rings. The van der Waals surface area contributed by atoms with E-state index in [4.69, 9.17) is 21.6 Å². The molecule has 0 radical (unpaired) electrons. The minimum Gasteiger partial charge on any atom is -0.476 e. The second-order valence-electron chi connectivity index (χ2n) is 5.29. The molecule has 0 N–H and O–H groups in total. The molecule has 1 aromatic carbocycles. The molecule has 0 amide bonds. The van der Waals surface area contributed by atoms with Crippen molar-refractivity contribution in [2.24, 2.45) is 5.92 Å². The fourth-order valence-corrected chi connectivity index (χ4v) is 4.22. The summed E-state index contributed by atoms with van der Waals surface area (Å²) in [6.45, 7) is 0.979. The summed E-state index contributed by atoms with van der Waals surface area (Å²) >= 11 is 5.72. The molecule has 1 aromatic heterocycles. The first-order valence-electron chi connectivity index (χ1n) is 7.10. The van der Waals surface area contributed by atoms with Crippen LogP contribution in [0, 0.1) is 17.2 Å². The zero-order chi connectivity index (χ0) is 17.2. The van der Waals surface area contributed by atoms with Crippen LogP contribution >= 0.6 is 11.6 Å². The van der Waals surface area contributed by atoms with E-state index < -0.39 is 10.0 Å². The highest BCUT2D eigenvalue weighted by molar-refractivity contribution is 7.89. The Bertz CT molecular complexity index is 892. The molecule has 0 bridgehead atoms. The van der Waals surface area contributed by atoms with Gasteiger partial charge in [-0.1, -0.05) is 23.7 Å². The van der Waals surface area contributed by atoms with Crippen molar-refractivity contribution in [1.29, 1.82) is 5.26 Å². The third-order valence-corrected chi connectivity index (χ3v) is 5.67. The lowest BCUT2D eigenvalue weighted by atomic mass is 10.1. The first kappa shape index (κ1) is 16.6. The number of hydrogen-bond donors (Lipinski definition) is 0. The Morgan fingerprint density at radius 1 is 1.33 bits per heavy atom. The third-order valence-electron chi connectivity index (χ3n) is 3.60. The van der Waals surface area contributed by atoms with Gasteiger partial charge in [-0.05, 0) is 12.1 Å². The van der Waals surface area contributed by atoms with E-state index >= 15 is 0 Å². The Labute approximate surface area is 144 Å². The number of benzene rings is 1. The molecule has 0 saturated carbocycles. The van der Waals surface area contributed by atoms with E-state index in [2.05, 4.69) is 9.97 Å². The SMILES string of the molecule is N#Cc1ccccc1S(=O)(=O)N1CC(COc2cncc(Cl)n2)C1. The summed E-state index contributed by atoms with van der Waals surface area (Å²) in [6, 6.07) is 8.08. The van der Waals surface area contributed by atoms with Gasteiger partial charge < -0.3 is 4.74 Å². The van der Waals surface area contributed by atoms with Crippen LogP contribution in [0.5, 0.6) is 5.88 Å². The molecule has 1 saturated heterocycles. The van der Waals surface area contributed by atoms with Gasteiger partial charge in [-0.25, -0.2) is 8.42 Å². The fraction of sp³-hybridized carbons (Fsp3) is 0.267. The molecule has 3 rings (SSSR count). The van der Waals surface area contributed by atoms with Gasteiger partial charge in [0.2, 0.25) is 15.9 Å². The number of sulfonamides is 1. The zero-order valence-electron chi connectivity index (χ0n) is 12.5. The first-order chi connectivity index (χ1) is 11.5. The van der Waals surface area contributed by atoms with Crippen molar-refractivity contribution in [2.75, 3.05) is 19.7 Å². The third kappa shape index (κ3) is 3.33. The topological polar surface area (TPSA) is 96.2 Å². The second kappa shape index (κ2) is 6.73. The minimum absolute atomic E-state index is 0.0348. The van der Waals surface area contributed by atoms with Gasteiger partial charge in [0.15, 0.2) is 5.15 Å². The molecule has 0 aliphatic carbocycles. The minimum atomic E-state index is -3.66. The maximum Gasteiger partial charge on any atom is 0.244 e. The van der Waals surface area contributed by atoms with Crippen molar-refractivity contribution in [3.05, 3.63) is 47.4 Å². The van der Waals surface area contributed by atoms with Gasteiger partial charge in [-0.2, -0.15) is 14.6 Å². The predicted molar refractivity (Wildman–Crippen MR) is 85.9 cm³/mol. The highest BCUT2D eigenvalue weighted by Crippen LogP contribution is 2.27. The lowest BCUT2D eigenvalue weighted by molar-refractivity contribution is 0.126. The van der Waals surface area contributed by atoms with Crippen LogP contribution in [0.3, 0.4) is 0 Å². The normalized spacial score (nSPS) is 15.5. The molecule has 9 heteroatoms. The van der Waals surface area contributed by atoms with Gasteiger partial charge in [0.1, 0.15) is 6.07 Å². The van der Waals surface area contributed by atoms with E-state index in [0.717, 1.165) is 0 Å². The molecule has 2 aromatic rings. The molecule has 124 valence electrons. The number of hydrogen-bond acceptors (Lipinski definition) is 6. The Morgan fingerprint density at radius 3 is 2.79 bits per heavy atom. The van der Waals surface area contributed by atoms with Gasteiger partial charge >= 0.3 is 0 Å². The van der Waals surface area contributed by atoms with Crippen molar-refractivity contribution >= 4 is 21.6 Å². The smallest absolute Gasteiger partial charge is 0.244 e. The summed E-state index contributed by atoms with van der Waals surface area (Å²) in [4.78, 5) is 7.85. The van der Waals surface area contributed by atoms with Crippen LogP contribution in [0.4, 0.5) is 0 Å². The highest BCUT2D eigenvalue weighted by Gasteiger charge is 2.38. The van der Waals surface area contributed by atoms with E-state index in [1.165, 1.54) is 28.8 Å². The largest absolute Gasteiger partial charge is 0.476 e. The Morgan fingerprint density at radius 2 is 2.08 bits per heavy atom. The van der Waals surface area contributed by atoms with Gasteiger partial charge in [0.25, 0.3) is 0 Å². The molecule has 7 nitrogen and oxygen atoms in total. The van der Waals surface area contributed by atoms with Crippen molar-refractivity contribution in [1.82, 2.24) is 14.3 Å². The number of halogens is 1. The van der Waals surface area contributed by atoms with E-state index in [1.807, 2.05) is 6.07 Å². The average Bonchev–Trinajstić information content (AvgIpc) is 2.53. The molecule has 1 aliphatic rings. The predicted octanol–water partition coefficient (Wildman–Crippen LogP) is 1.70. The van der Waals surface area contributed by atoms with Gasteiger partial charge in [-0.3, -0.25) is 4.98 Å². The number of nitriles is 1. The standard InChI is InChI=1S/C15H13ClN4O3S/c16-14-6-18-7-15(19-14)23-10-11-8-20(9-11)24(21,22)13-4-2-1-3-12(13)5-17/h1-4,6-7,11H,8-10H2. The number of aromatic nitrogens is 2. The highest BCUT2D eigenvalue weighted by atomic mass is 35.5. The van der Waals surface area contributed by atoms with Crippen molar-refractivity contribution < 1.29 is 13.2 Å². The number of rotatable bonds is 5. The van der Waals surface area contributed by atoms with Crippen molar-refractivity contribution in [3.63, 3.8) is 0 Å². The monoisotopic (exact) mass is 364 g/mol. The van der Waals surface area contributed by atoms with Crippen LogP contribution in [0.15, 0.2) is 41.6 Å². The average molecular weight is 365 g/mol. The van der Waals surface area contributed by atoms with E-state index in [-0.39, 0.29) is 21.5 Å². The van der Waals surface area contributed by atoms with Crippen LogP contribution < -0.4 is 4.74 Å². The molecular formula is C15H13ClN4O3S. The lowest BCUT2D eigenvalue weighted by Crippen LogP contribution is -2.52. The Balaban J connectivity index is 1.61. The van der Waals surface area contributed by atoms with Crippen molar-refractivity contribution in [3.8, 4) is 11.9 Å². The van der Waals surface area contributed by atoms with Crippen molar-refractivity contribution in [2.45, 2.75) is 4.90 Å². The van der Waals surface area contributed by atoms with Crippen LogP contribution in [0.25, 0.3) is 0 Å². The molecule has 2 heterocycles. The molecular weight excluding hydrogens is 352 g/mol. The van der Waals surface area contributed by atoms with E-state index in [1.54, 1.807) is 12.1 Å².